The van der Waals surface area contributed by atoms with Crippen molar-refractivity contribution in [1.29, 1.82) is 0 Å². The minimum absolute atomic E-state index is 0.0991. The number of hydrogen-bond acceptors (Lipinski definition) is 5. The molecule has 142 valence electrons. The lowest BCUT2D eigenvalue weighted by atomic mass is 9.99. The maximum atomic E-state index is 13.0. The average molecular weight is 386 g/mol. The first-order valence-electron chi connectivity index (χ1n) is 8.90. The van der Waals surface area contributed by atoms with Crippen molar-refractivity contribution >= 4 is 27.5 Å². The molecular weight excluding hydrogens is 364 g/mol. The zero-order valence-electron chi connectivity index (χ0n) is 14.9. The normalized spacial score (nSPS) is 14.4. The molecule has 0 saturated heterocycles. The maximum absolute atomic E-state index is 13.0. The molecule has 3 rings (SSSR count). The van der Waals surface area contributed by atoms with Crippen LogP contribution in [0.3, 0.4) is 0 Å². The fraction of sp³-hybridized carbons (Fsp3) is 0.316. The van der Waals surface area contributed by atoms with Gasteiger partial charge in [0.05, 0.1) is 4.90 Å². The van der Waals surface area contributed by atoms with Gasteiger partial charge < -0.3 is 0 Å². The minimum Gasteiger partial charge on any atom is -0.271 e. The Morgan fingerprint density at radius 2 is 1.74 bits per heavy atom. The molecule has 1 aromatic heterocycles. The zero-order valence-corrected chi connectivity index (χ0v) is 15.7. The Hall–Kier alpha value is -2.74. The number of benzene rings is 1. The van der Waals surface area contributed by atoms with Crippen molar-refractivity contribution in [2.24, 2.45) is 5.10 Å². The summed E-state index contributed by atoms with van der Waals surface area (Å²) in [6, 6.07) is 12.9. The monoisotopic (exact) mass is 386 g/mol. The first-order valence-corrected chi connectivity index (χ1v) is 10.3. The minimum atomic E-state index is -3.93. The van der Waals surface area contributed by atoms with Crippen molar-refractivity contribution in [2.75, 3.05) is 10.8 Å². The Kier molecular flexibility index (Phi) is 6.18. The lowest BCUT2D eigenvalue weighted by Gasteiger charge is -2.22. The second-order valence-electron chi connectivity index (χ2n) is 6.29. The molecule has 1 aliphatic carbocycles. The summed E-state index contributed by atoms with van der Waals surface area (Å²) in [5.41, 5.74) is 3.44. The van der Waals surface area contributed by atoms with Crippen LogP contribution in [0, 0.1) is 0 Å². The van der Waals surface area contributed by atoms with E-state index in [1.807, 2.05) is 0 Å². The number of aromatic nitrogens is 1. The highest BCUT2D eigenvalue weighted by Gasteiger charge is 2.27. The summed E-state index contributed by atoms with van der Waals surface area (Å²) in [5.74, 6) is -0.319. The van der Waals surface area contributed by atoms with E-state index in [1.54, 1.807) is 36.4 Å². The van der Waals surface area contributed by atoms with Gasteiger partial charge in [-0.25, -0.2) is 23.1 Å². The highest BCUT2D eigenvalue weighted by atomic mass is 32.2. The standard InChI is InChI=1S/C19H22N4O3S/c24-19(22-21-16-9-3-1-4-10-16)15-23(18-13-7-8-14-20-18)27(25,26)17-11-5-2-6-12-17/h2,5-8,11-14H,1,3-4,9-10,15H2,(H,22,24). The largest absolute Gasteiger partial charge is 0.271 e. The Morgan fingerprint density at radius 3 is 2.41 bits per heavy atom. The van der Waals surface area contributed by atoms with Gasteiger partial charge in [-0.1, -0.05) is 30.7 Å². The molecule has 1 aliphatic rings. The maximum Gasteiger partial charge on any atom is 0.265 e. The second-order valence-corrected chi connectivity index (χ2v) is 8.15. The van der Waals surface area contributed by atoms with E-state index < -0.39 is 22.5 Å². The Bertz CT molecular complexity index is 891. The lowest BCUT2D eigenvalue weighted by Crippen LogP contribution is -2.40. The van der Waals surface area contributed by atoms with Crippen molar-refractivity contribution in [3.63, 3.8) is 0 Å². The van der Waals surface area contributed by atoms with Gasteiger partial charge in [0.25, 0.3) is 15.9 Å². The SMILES string of the molecule is O=C(CN(c1ccccn1)S(=O)(=O)c1ccccc1)NN=C1CCCCC1. The van der Waals surface area contributed by atoms with E-state index in [-0.39, 0.29) is 10.7 Å². The number of nitrogens with one attached hydrogen (secondary N) is 1. The van der Waals surface area contributed by atoms with E-state index in [1.165, 1.54) is 24.8 Å². The fourth-order valence-electron chi connectivity index (χ4n) is 2.89. The quantitative estimate of drug-likeness (QED) is 0.773. The highest BCUT2D eigenvalue weighted by Crippen LogP contribution is 2.21. The second kappa shape index (κ2) is 8.77. The number of rotatable bonds is 6. The molecule has 1 heterocycles. The number of carbonyl (C=O) groups excluding carboxylic acids is 1. The third-order valence-electron chi connectivity index (χ3n) is 4.29. The Labute approximate surface area is 159 Å². The molecule has 0 unspecified atom stereocenters. The summed E-state index contributed by atoms with van der Waals surface area (Å²) in [7, 11) is -3.93. The van der Waals surface area contributed by atoms with Crippen LogP contribution in [0.25, 0.3) is 0 Å². The molecular formula is C19H22N4O3S. The van der Waals surface area contributed by atoms with Crippen LogP contribution in [0.2, 0.25) is 0 Å². The summed E-state index contributed by atoms with van der Waals surface area (Å²) in [5, 5.41) is 4.16. The van der Waals surface area contributed by atoms with Gasteiger partial charge in [0.15, 0.2) is 0 Å². The molecule has 1 aromatic carbocycles. The van der Waals surface area contributed by atoms with Gasteiger partial charge in [-0.05, 0) is 49.9 Å². The van der Waals surface area contributed by atoms with Gasteiger partial charge in [0, 0.05) is 11.9 Å². The molecule has 8 heteroatoms. The van der Waals surface area contributed by atoms with Crippen LogP contribution < -0.4 is 9.73 Å². The number of hydrogen-bond donors (Lipinski definition) is 1. The molecule has 1 N–H and O–H groups in total. The molecule has 0 radical (unpaired) electrons. The summed E-state index contributed by atoms with van der Waals surface area (Å²) < 4.78 is 27.1. The molecule has 0 atom stereocenters. The molecule has 1 amide bonds. The highest BCUT2D eigenvalue weighted by molar-refractivity contribution is 7.92. The van der Waals surface area contributed by atoms with Crippen LogP contribution in [0.1, 0.15) is 32.1 Å². The topological polar surface area (TPSA) is 91.7 Å². The Balaban J connectivity index is 1.82. The van der Waals surface area contributed by atoms with Crippen molar-refractivity contribution in [3.05, 3.63) is 54.7 Å². The van der Waals surface area contributed by atoms with E-state index in [2.05, 4.69) is 15.5 Å². The number of carbonyl (C=O) groups is 1. The number of hydrazone groups is 1. The van der Waals surface area contributed by atoms with Gasteiger partial charge in [-0.2, -0.15) is 5.10 Å². The van der Waals surface area contributed by atoms with E-state index in [0.717, 1.165) is 35.7 Å². The van der Waals surface area contributed by atoms with E-state index in [0.29, 0.717) is 0 Å². The molecule has 0 spiro atoms. The van der Waals surface area contributed by atoms with E-state index >= 15 is 0 Å². The van der Waals surface area contributed by atoms with Crippen LogP contribution in [-0.4, -0.2) is 31.6 Å². The third-order valence-corrected chi connectivity index (χ3v) is 6.06. The molecule has 0 aliphatic heterocycles. The van der Waals surface area contributed by atoms with Crippen molar-refractivity contribution in [3.8, 4) is 0 Å². The van der Waals surface area contributed by atoms with Gasteiger partial charge in [0.1, 0.15) is 12.4 Å². The van der Waals surface area contributed by atoms with Crippen LogP contribution in [0.5, 0.6) is 0 Å². The first kappa shape index (κ1) is 19.0. The van der Waals surface area contributed by atoms with Gasteiger partial charge >= 0.3 is 0 Å². The van der Waals surface area contributed by atoms with Crippen LogP contribution in [0.15, 0.2) is 64.7 Å². The molecule has 27 heavy (non-hydrogen) atoms. The number of pyridine rings is 1. The third kappa shape index (κ3) is 4.91. The molecule has 1 fully saturated rings. The smallest absolute Gasteiger partial charge is 0.265 e. The number of nitrogens with zero attached hydrogens (tertiary/aromatic N) is 3. The zero-order chi connectivity index (χ0) is 19.1. The van der Waals surface area contributed by atoms with Crippen LogP contribution in [-0.2, 0) is 14.8 Å². The van der Waals surface area contributed by atoms with Crippen molar-refractivity contribution < 1.29 is 13.2 Å². The number of sulfonamides is 1. The Morgan fingerprint density at radius 1 is 1.04 bits per heavy atom. The molecule has 1 saturated carbocycles. The fourth-order valence-corrected chi connectivity index (χ4v) is 4.29. The van der Waals surface area contributed by atoms with Gasteiger partial charge in [-0.15, -0.1) is 0 Å². The summed E-state index contributed by atoms with van der Waals surface area (Å²) in [4.78, 5) is 16.6. The predicted octanol–water partition coefficient (Wildman–Crippen LogP) is 2.71. The van der Waals surface area contributed by atoms with Crippen LogP contribution in [0.4, 0.5) is 5.82 Å². The van der Waals surface area contributed by atoms with E-state index in [9.17, 15) is 13.2 Å². The summed E-state index contributed by atoms with van der Waals surface area (Å²) in [6.07, 6.45) is 6.53. The lowest BCUT2D eigenvalue weighted by molar-refractivity contribution is -0.119. The van der Waals surface area contributed by atoms with Gasteiger partial charge in [-0.3, -0.25) is 4.79 Å². The summed E-state index contributed by atoms with van der Waals surface area (Å²) in [6.45, 7) is -0.398. The first-order chi connectivity index (χ1) is 13.1. The molecule has 7 nitrogen and oxygen atoms in total. The summed E-state index contributed by atoms with van der Waals surface area (Å²) >= 11 is 0. The van der Waals surface area contributed by atoms with Crippen molar-refractivity contribution in [2.45, 2.75) is 37.0 Å². The van der Waals surface area contributed by atoms with E-state index in [4.69, 9.17) is 0 Å². The molecule has 0 bridgehead atoms. The van der Waals surface area contributed by atoms with Gasteiger partial charge in [0.2, 0.25) is 0 Å². The predicted molar refractivity (Wildman–Crippen MR) is 104 cm³/mol. The number of anilines is 1. The molecule has 2 aromatic rings. The number of amides is 1. The van der Waals surface area contributed by atoms with Crippen molar-refractivity contribution in [1.82, 2.24) is 10.4 Å². The average Bonchev–Trinajstić information content (AvgIpc) is 2.72. The van der Waals surface area contributed by atoms with Crippen LogP contribution >= 0.6 is 0 Å².